The third kappa shape index (κ3) is 2.91. The van der Waals surface area contributed by atoms with Gasteiger partial charge < -0.3 is 9.63 Å². The lowest BCUT2D eigenvalue weighted by molar-refractivity contribution is 0.0652. The highest BCUT2D eigenvalue weighted by Crippen LogP contribution is 2.45. The summed E-state index contributed by atoms with van der Waals surface area (Å²) < 4.78 is 4.91. The maximum atomic E-state index is 11.0. The van der Waals surface area contributed by atoms with Gasteiger partial charge in [-0.25, -0.2) is 4.79 Å². The molecule has 1 heterocycles. The highest BCUT2D eigenvalue weighted by atomic mass is 16.5. The molecule has 1 aliphatic rings. The number of carboxylic acid groups (broad SMARTS) is 1. The van der Waals surface area contributed by atoms with Crippen LogP contribution in [0.3, 0.4) is 0 Å². The molecule has 1 N–H and O–H groups in total. The van der Waals surface area contributed by atoms with Crippen molar-refractivity contribution in [1.29, 1.82) is 0 Å². The molecule has 1 atom stereocenters. The van der Waals surface area contributed by atoms with Crippen molar-refractivity contribution >= 4 is 5.97 Å². The predicted molar refractivity (Wildman–Crippen MR) is 83.9 cm³/mol. The van der Waals surface area contributed by atoms with Crippen LogP contribution in [-0.2, 0) is 0 Å². The molecule has 4 nitrogen and oxygen atoms in total. The van der Waals surface area contributed by atoms with Crippen LogP contribution in [-0.4, -0.2) is 16.2 Å². The van der Waals surface area contributed by atoms with Crippen LogP contribution < -0.4 is 0 Å². The number of aromatic nitrogens is 1. The summed E-state index contributed by atoms with van der Waals surface area (Å²) in [6.45, 7) is 4.64. The van der Waals surface area contributed by atoms with Gasteiger partial charge in [-0.05, 0) is 36.2 Å². The zero-order chi connectivity index (χ0) is 15.7. The standard InChI is InChI=1S/C18H21NO3/c1-18(2)9-5-6-12(11-18)13-7-3-4-8-14(13)15-10-16(17(20)21)22-19-15/h3-4,7-8,10,12H,5-6,9,11H2,1-2H3,(H,20,21). The molecule has 3 rings (SSSR count). The van der Waals surface area contributed by atoms with Crippen LogP contribution in [0.15, 0.2) is 34.9 Å². The number of aromatic carboxylic acids is 1. The van der Waals surface area contributed by atoms with Crippen LogP contribution in [0.1, 0.15) is 61.6 Å². The van der Waals surface area contributed by atoms with Gasteiger partial charge in [-0.1, -0.05) is 49.7 Å². The molecule has 0 radical (unpaired) electrons. The highest BCUT2D eigenvalue weighted by molar-refractivity contribution is 5.85. The molecule has 1 aromatic heterocycles. The van der Waals surface area contributed by atoms with E-state index >= 15 is 0 Å². The van der Waals surface area contributed by atoms with E-state index in [1.165, 1.54) is 30.9 Å². The van der Waals surface area contributed by atoms with Crippen LogP contribution in [0.25, 0.3) is 11.3 Å². The number of benzene rings is 1. The molecule has 1 fully saturated rings. The number of nitrogens with zero attached hydrogens (tertiary/aromatic N) is 1. The summed E-state index contributed by atoms with van der Waals surface area (Å²) in [7, 11) is 0. The molecule has 0 bridgehead atoms. The van der Waals surface area contributed by atoms with Gasteiger partial charge in [-0.2, -0.15) is 0 Å². The van der Waals surface area contributed by atoms with Crippen LogP contribution in [0.5, 0.6) is 0 Å². The fourth-order valence-electron chi connectivity index (χ4n) is 3.55. The lowest BCUT2D eigenvalue weighted by Gasteiger charge is -2.36. The number of hydrogen-bond donors (Lipinski definition) is 1. The Morgan fingerprint density at radius 2 is 2.14 bits per heavy atom. The van der Waals surface area contributed by atoms with Gasteiger partial charge in [0.05, 0.1) is 0 Å². The summed E-state index contributed by atoms with van der Waals surface area (Å²) in [5.41, 5.74) is 3.20. The lowest BCUT2D eigenvalue weighted by atomic mass is 9.69. The first-order valence-corrected chi connectivity index (χ1v) is 7.76. The molecule has 1 aromatic carbocycles. The summed E-state index contributed by atoms with van der Waals surface area (Å²) in [5.74, 6) is -0.714. The van der Waals surface area contributed by atoms with E-state index in [9.17, 15) is 4.79 Å². The molecule has 1 unspecified atom stereocenters. The summed E-state index contributed by atoms with van der Waals surface area (Å²) >= 11 is 0. The number of hydrogen-bond acceptors (Lipinski definition) is 3. The maximum Gasteiger partial charge on any atom is 0.374 e. The SMILES string of the molecule is CC1(C)CCCC(c2ccccc2-c2cc(C(=O)O)on2)C1. The van der Waals surface area contributed by atoms with Gasteiger partial charge in [0.15, 0.2) is 0 Å². The predicted octanol–water partition coefficient (Wildman–Crippen LogP) is 4.72. The average Bonchev–Trinajstić information content (AvgIpc) is 2.96. The smallest absolute Gasteiger partial charge is 0.374 e. The fourth-order valence-corrected chi connectivity index (χ4v) is 3.55. The Morgan fingerprint density at radius 3 is 2.82 bits per heavy atom. The molecule has 116 valence electrons. The second-order valence-electron chi connectivity index (χ2n) is 6.93. The molecular formula is C18H21NO3. The van der Waals surface area contributed by atoms with Crippen LogP contribution in [0.4, 0.5) is 0 Å². The van der Waals surface area contributed by atoms with Gasteiger partial charge in [0.25, 0.3) is 0 Å². The summed E-state index contributed by atoms with van der Waals surface area (Å²) in [6.07, 6.45) is 4.81. The molecule has 0 spiro atoms. The van der Waals surface area contributed by atoms with E-state index in [0.29, 0.717) is 17.0 Å². The first kappa shape index (κ1) is 14.8. The quantitative estimate of drug-likeness (QED) is 0.890. The van der Waals surface area contributed by atoms with E-state index in [4.69, 9.17) is 9.63 Å². The second kappa shape index (κ2) is 5.59. The first-order valence-electron chi connectivity index (χ1n) is 7.76. The zero-order valence-corrected chi connectivity index (χ0v) is 13.0. The Labute approximate surface area is 130 Å². The van der Waals surface area contributed by atoms with Crippen molar-refractivity contribution in [2.75, 3.05) is 0 Å². The van der Waals surface area contributed by atoms with E-state index < -0.39 is 5.97 Å². The van der Waals surface area contributed by atoms with Crippen molar-refractivity contribution in [3.05, 3.63) is 41.7 Å². The van der Waals surface area contributed by atoms with E-state index in [1.807, 2.05) is 18.2 Å². The Hall–Kier alpha value is -2.10. The maximum absolute atomic E-state index is 11.0. The van der Waals surface area contributed by atoms with Crippen LogP contribution in [0.2, 0.25) is 0 Å². The molecular weight excluding hydrogens is 278 g/mol. The van der Waals surface area contributed by atoms with Crippen LogP contribution >= 0.6 is 0 Å². The zero-order valence-electron chi connectivity index (χ0n) is 13.0. The Kier molecular flexibility index (Phi) is 3.77. The van der Waals surface area contributed by atoms with E-state index in [1.54, 1.807) is 0 Å². The monoisotopic (exact) mass is 299 g/mol. The average molecular weight is 299 g/mol. The highest BCUT2D eigenvalue weighted by Gasteiger charge is 2.30. The first-order chi connectivity index (χ1) is 10.5. The van der Waals surface area contributed by atoms with Crippen molar-refractivity contribution in [3.63, 3.8) is 0 Å². The van der Waals surface area contributed by atoms with Gasteiger partial charge >= 0.3 is 5.97 Å². The summed E-state index contributed by atoms with van der Waals surface area (Å²) in [4.78, 5) is 11.0. The van der Waals surface area contributed by atoms with Gasteiger partial charge in [0, 0.05) is 11.6 Å². The molecule has 1 aliphatic carbocycles. The van der Waals surface area contributed by atoms with Crippen molar-refractivity contribution in [2.45, 2.75) is 45.4 Å². The van der Waals surface area contributed by atoms with Crippen molar-refractivity contribution in [2.24, 2.45) is 5.41 Å². The molecule has 0 saturated heterocycles. The fraction of sp³-hybridized carbons (Fsp3) is 0.444. The summed E-state index contributed by atoms with van der Waals surface area (Å²) in [5, 5.41) is 12.9. The topological polar surface area (TPSA) is 63.3 Å². The molecule has 1 saturated carbocycles. The molecule has 0 amide bonds. The van der Waals surface area contributed by atoms with E-state index in [2.05, 4.69) is 25.1 Å². The Bertz CT molecular complexity index is 687. The molecule has 4 heteroatoms. The summed E-state index contributed by atoms with van der Waals surface area (Å²) in [6, 6.07) is 9.65. The van der Waals surface area contributed by atoms with Crippen molar-refractivity contribution in [1.82, 2.24) is 5.16 Å². The minimum Gasteiger partial charge on any atom is -0.475 e. The molecule has 22 heavy (non-hydrogen) atoms. The number of rotatable bonds is 3. The largest absolute Gasteiger partial charge is 0.475 e. The Morgan fingerprint density at radius 1 is 1.36 bits per heavy atom. The van der Waals surface area contributed by atoms with Gasteiger partial charge in [-0.3, -0.25) is 0 Å². The van der Waals surface area contributed by atoms with Crippen molar-refractivity contribution in [3.8, 4) is 11.3 Å². The van der Waals surface area contributed by atoms with Gasteiger partial charge in [0.2, 0.25) is 5.76 Å². The van der Waals surface area contributed by atoms with Gasteiger partial charge in [-0.15, -0.1) is 0 Å². The lowest BCUT2D eigenvalue weighted by Crippen LogP contribution is -2.21. The third-order valence-corrected chi connectivity index (χ3v) is 4.60. The van der Waals surface area contributed by atoms with Gasteiger partial charge in [0.1, 0.15) is 5.69 Å². The van der Waals surface area contributed by atoms with Crippen LogP contribution in [0, 0.1) is 5.41 Å². The minimum absolute atomic E-state index is 0.117. The van der Waals surface area contributed by atoms with Crippen molar-refractivity contribution < 1.29 is 14.4 Å². The molecule has 0 aliphatic heterocycles. The third-order valence-electron chi connectivity index (χ3n) is 4.60. The van der Waals surface area contributed by atoms with E-state index in [0.717, 1.165) is 12.0 Å². The molecule has 2 aromatic rings. The number of carbonyl (C=O) groups is 1. The normalized spacial score (nSPS) is 20.7. The van der Waals surface area contributed by atoms with E-state index in [-0.39, 0.29) is 5.76 Å². The Balaban J connectivity index is 1.97. The second-order valence-corrected chi connectivity index (χ2v) is 6.93. The number of carboxylic acids is 1. The minimum atomic E-state index is -1.09.